The number of rotatable bonds is 4. The highest BCUT2D eigenvalue weighted by atomic mass is 35.5. The fourth-order valence-corrected chi connectivity index (χ4v) is 4.14. The van der Waals surface area contributed by atoms with Gasteiger partial charge in [0.1, 0.15) is 0 Å². The van der Waals surface area contributed by atoms with E-state index in [1.165, 1.54) is 0 Å². The molecule has 1 amide bonds. The van der Waals surface area contributed by atoms with Crippen LogP contribution in [0.15, 0.2) is 48.5 Å². The molecular weight excluding hydrogens is 370 g/mol. The average molecular weight is 390 g/mol. The van der Waals surface area contributed by atoms with Crippen LogP contribution in [0.25, 0.3) is 10.9 Å². The summed E-state index contributed by atoms with van der Waals surface area (Å²) in [6.07, 6.45) is 4.43. The van der Waals surface area contributed by atoms with E-state index in [2.05, 4.69) is 6.07 Å². The van der Waals surface area contributed by atoms with Gasteiger partial charge in [0, 0.05) is 28.9 Å². The van der Waals surface area contributed by atoms with Crippen molar-refractivity contribution >= 4 is 34.1 Å². The van der Waals surface area contributed by atoms with Gasteiger partial charge in [0.05, 0.1) is 23.0 Å². The van der Waals surface area contributed by atoms with Crippen molar-refractivity contribution in [2.75, 3.05) is 11.4 Å². The molecule has 0 fully saturated rings. The second kappa shape index (κ2) is 8.00. The number of nitriles is 1. The minimum Gasteiger partial charge on any atom is -0.307 e. The Kier molecular flexibility index (Phi) is 5.27. The predicted octanol–water partition coefficient (Wildman–Crippen LogP) is 5.33. The van der Waals surface area contributed by atoms with Gasteiger partial charge in [-0.25, -0.2) is 0 Å². The van der Waals surface area contributed by atoms with E-state index in [0.717, 1.165) is 58.6 Å². The molecule has 0 bridgehead atoms. The molecule has 1 aromatic heterocycles. The molecule has 0 saturated heterocycles. The van der Waals surface area contributed by atoms with Crippen molar-refractivity contribution in [2.24, 2.45) is 0 Å². The molecule has 0 atom stereocenters. The van der Waals surface area contributed by atoms with Crippen LogP contribution in [0.3, 0.4) is 0 Å². The number of fused-ring (bicyclic) bond motifs is 2. The van der Waals surface area contributed by atoms with Crippen molar-refractivity contribution in [1.29, 1.82) is 5.26 Å². The molecule has 1 aliphatic carbocycles. The van der Waals surface area contributed by atoms with E-state index in [1.807, 2.05) is 42.5 Å². The maximum Gasteiger partial charge on any atom is 0.258 e. The minimum absolute atomic E-state index is 0.140. The summed E-state index contributed by atoms with van der Waals surface area (Å²) in [5.41, 5.74) is 4.29. The number of aryl methyl sites for hydroxylation is 1. The van der Waals surface area contributed by atoms with Gasteiger partial charge in [-0.3, -0.25) is 9.78 Å². The number of hydrogen-bond donors (Lipinski definition) is 0. The van der Waals surface area contributed by atoms with E-state index >= 15 is 0 Å². The largest absolute Gasteiger partial charge is 0.307 e. The van der Waals surface area contributed by atoms with Crippen molar-refractivity contribution in [2.45, 2.75) is 32.1 Å². The summed E-state index contributed by atoms with van der Waals surface area (Å²) in [5.74, 6) is -0.140. The second-order valence-electron chi connectivity index (χ2n) is 6.99. The summed E-state index contributed by atoms with van der Waals surface area (Å²) >= 11 is 6.65. The third kappa shape index (κ3) is 3.46. The highest BCUT2D eigenvalue weighted by Gasteiger charge is 2.21. The first-order chi connectivity index (χ1) is 13.7. The predicted molar refractivity (Wildman–Crippen MR) is 112 cm³/mol. The maximum absolute atomic E-state index is 13.2. The van der Waals surface area contributed by atoms with E-state index < -0.39 is 0 Å². The summed E-state index contributed by atoms with van der Waals surface area (Å²) in [4.78, 5) is 19.7. The van der Waals surface area contributed by atoms with Crippen LogP contribution in [0.5, 0.6) is 0 Å². The Labute approximate surface area is 169 Å². The first-order valence-corrected chi connectivity index (χ1v) is 9.91. The third-order valence-electron chi connectivity index (χ3n) is 5.20. The number of nitrogens with zero attached hydrogens (tertiary/aromatic N) is 3. The fourth-order valence-electron chi connectivity index (χ4n) is 3.77. The Balaban J connectivity index is 1.74. The molecular formula is C23H20ClN3O. The normalized spacial score (nSPS) is 13.0. The summed E-state index contributed by atoms with van der Waals surface area (Å²) in [6.45, 7) is 0.343. The lowest BCUT2D eigenvalue weighted by molar-refractivity contribution is 0.0987. The molecule has 0 unspecified atom stereocenters. The summed E-state index contributed by atoms with van der Waals surface area (Å²) in [7, 11) is 0. The Morgan fingerprint density at radius 2 is 1.93 bits per heavy atom. The minimum atomic E-state index is -0.140. The first kappa shape index (κ1) is 18.5. The van der Waals surface area contributed by atoms with Crippen LogP contribution in [0.1, 0.15) is 40.9 Å². The van der Waals surface area contributed by atoms with E-state index in [0.29, 0.717) is 12.1 Å². The number of benzene rings is 2. The highest BCUT2D eigenvalue weighted by molar-refractivity contribution is 6.36. The summed E-state index contributed by atoms with van der Waals surface area (Å²) in [6, 6.07) is 17.1. The zero-order chi connectivity index (χ0) is 19.5. The van der Waals surface area contributed by atoms with Gasteiger partial charge >= 0.3 is 0 Å². The van der Waals surface area contributed by atoms with Crippen LogP contribution in [-0.4, -0.2) is 17.4 Å². The monoisotopic (exact) mass is 389 g/mol. The van der Waals surface area contributed by atoms with E-state index in [-0.39, 0.29) is 12.3 Å². The number of anilines is 1. The number of carbonyl (C=O) groups excluding carboxylic acids is 1. The van der Waals surface area contributed by atoms with Gasteiger partial charge < -0.3 is 4.90 Å². The molecule has 28 heavy (non-hydrogen) atoms. The summed E-state index contributed by atoms with van der Waals surface area (Å²) < 4.78 is 0. The van der Waals surface area contributed by atoms with Crippen LogP contribution in [0.4, 0.5) is 5.69 Å². The quantitative estimate of drug-likeness (QED) is 0.606. The van der Waals surface area contributed by atoms with Crippen molar-refractivity contribution in [3.05, 3.63) is 70.4 Å². The van der Waals surface area contributed by atoms with Gasteiger partial charge in [-0.1, -0.05) is 35.9 Å². The fraction of sp³-hybridized carbons (Fsp3) is 0.261. The van der Waals surface area contributed by atoms with Gasteiger partial charge in [0.15, 0.2) is 0 Å². The molecule has 5 heteroatoms. The highest BCUT2D eigenvalue weighted by Crippen LogP contribution is 2.33. The molecule has 0 saturated carbocycles. The SMILES string of the molecule is N#CCCN(C(=O)c1ccc2c(Cl)c3c(nc2c1)CCCC3)c1ccccc1. The van der Waals surface area contributed by atoms with Crippen molar-refractivity contribution in [3.8, 4) is 6.07 Å². The molecule has 3 aromatic rings. The van der Waals surface area contributed by atoms with Crippen LogP contribution in [0.2, 0.25) is 5.02 Å². The van der Waals surface area contributed by atoms with E-state index in [9.17, 15) is 4.79 Å². The number of amides is 1. The molecule has 4 nitrogen and oxygen atoms in total. The van der Waals surface area contributed by atoms with E-state index in [4.69, 9.17) is 21.8 Å². The lowest BCUT2D eigenvalue weighted by atomic mass is 9.94. The van der Waals surface area contributed by atoms with E-state index in [1.54, 1.807) is 11.0 Å². The first-order valence-electron chi connectivity index (χ1n) is 9.54. The molecule has 0 N–H and O–H groups in total. The van der Waals surface area contributed by atoms with Crippen molar-refractivity contribution in [3.63, 3.8) is 0 Å². The van der Waals surface area contributed by atoms with Crippen LogP contribution >= 0.6 is 11.6 Å². The zero-order valence-corrected chi connectivity index (χ0v) is 16.2. The Hall–Kier alpha value is -2.90. The molecule has 0 radical (unpaired) electrons. The summed E-state index contributed by atoms with van der Waals surface area (Å²) in [5, 5.41) is 10.6. The molecule has 140 valence electrons. The second-order valence-corrected chi connectivity index (χ2v) is 7.37. The molecule has 4 rings (SSSR count). The topological polar surface area (TPSA) is 57.0 Å². The van der Waals surface area contributed by atoms with Gasteiger partial charge in [0.25, 0.3) is 5.91 Å². The van der Waals surface area contributed by atoms with Crippen LogP contribution in [0, 0.1) is 11.3 Å². The third-order valence-corrected chi connectivity index (χ3v) is 5.63. The zero-order valence-electron chi connectivity index (χ0n) is 15.5. The van der Waals surface area contributed by atoms with Gasteiger partial charge in [-0.05, 0) is 55.5 Å². The number of hydrogen-bond acceptors (Lipinski definition) is 3. The van der Waals surface area contributed by atoms with Gasteiger partial charge in [-0.2, -0.15) is 5.26 Å². The maximum atomic E-state index is 13.2. The van der Waals surface area contributed by atoms with Gasteiger partial charge in [0.2, 0.25) is 0 Å². The van der Waals surface area contributed by atoms with Crippen LogP contribution < -0.4 is 4.90 Å². The molecule has 1 heterocycles. The lowest BCUT2D eigenvalue weighted by Gasteiger charge is -2.22. The Bertz CT molecular complexity index is 1070. The standard InChI is InChI=1S/C23H20ClN3O/c24-22-18-9-4-5-10-20(18)26-21-15-16(11-12-19(21)22)23(28)27(14-6-13-25)17-7-2-1-3-8-17/h1-3,7-8,11-12,15H,4-6,9-10,14H2. The Morgan fingerprint density at radius 3 is 2.71 bits per heavy atom. The Morgan fingerprint density at radius 1 is 1.14 bits per heavy atom. The number of aromatic nitrogens is 1. The average Bonchev–Trinajstić information content (AvgIpc) is 2.74. The number of pyridine rings is 1. The van der Waals surface area contributed by atoms with Gasteiger partial charge in [-0.15, -0.1) is 0 Å². The molecule has 0 aliphatic heterocycles. The molecule has 1 aliphatic rings. The number of para-hydroxylation sites is 1. The van der Waals surface area contributed by atoms with Crippen LogP contribution in [-0.2, 0) is 12.8 Å². The molecule has 0 spiro atoms. The smallest absolute Gasteiger partial charge is 0.258 e. The van der Waals surface area contributed by atoms with Crippen molar-refractivity contribution in [1.82, 2.24) is 4.98 Å². The lowest BCUT2D eigenvalue weighted by Crippen LogP contribution is -2.31. The van der Waals surface area contributed by atoms with Crippen molar-refractivity contribution < 1.29 is 4.79 Å². The number of halogens is 1. The molecule has 2 aromatic carbocycles. The number of carbonyl (C=O) groups is 1.